The maximum absolute atomic E-state index is 13.1. The minimum Gasteiger partial charge on any atom is -0.299 e. The maximum atomic E-state index is 13.1. The van der Waals surface area contributed by atoms with Crippen molar-refractivity contribution in [1.29, 1.82) is 0 Å². The first-order valence-corrected chi connectivity index (χ1v) is 6.96. The molecule has 0 atom stereocenters. The van der Waals surface area contributed by atoms with Crippen LogP contribution in [-0.2, 0) is 12.0 Å². The molecule has 19 heavy (non-hydrogen) atoms. The molecule has 0 N–H and O–H groups in total. The number of alkyl halides is 2. The fourth-order valence-corrected chi connectivity index (χ4v) is 2.41. The highest BCUT2D eigenvalue weighted by Gasteiger charge is 2.33. The van der Waals surface area contributed by atoms with Gasteiger partial charge >= 0.3 is 0 Å². The molecule has 0 spiro atoms. The molecule has 1 saturated heterocycles. The van der Waals surface area contributed by atoms with Crippen molar-refractivity contribution in [3.05, 3.63) is 35.4 Å². The first-order chi connectivity index (χ1) is 8.76. The second kappa shape index (κ2) is 5.20. The standard InChI is InChI=1S/C16H23F2N/c1-15(2,3)14-6-4-13(5-7-14)12-19-10-8-16(17,18)9-11-19/h4-7H,8-12H2,1-3H3. The number of piperidine rings is 1. The number of rotatable bonds is 2. The summed E-state index contributed by atoms with van der Waals surface area (Å²) in [6.07, 6.45) is -0.0137. The molecule has 1 aliphatic rings. The smallest absolute Gasteiger partial charge is 0.250 e. The fraction of sp³-hybridized carbons (Fsp3) is 0.625. The highest BCUT2D eigenvalue weighted by atomic mass is 19.3. The van der Waals surface area contributed by atoms with E-state index in [0.717, 1.165) is 6.54 Å². The highest BCUT2D eigenvalue weighted by Crippen LogP contribution is 2.28. The van der Waals surface area contributed by atoms with Crippen molar-refractivity contribution in [3.63, 3.8) is 0 Å². The third-order valence-corrected chi connectivity index (χ3v) is 3.81. The minimum atomic E-state index is -2.45. The molecule has 0 aromatic heterocycles. The number of nitrogens with zero attached hydrogens (tertiary/aromatic N) is 1. The molecule has 1 aromatic rings. The molecule has 0 unspecified atom stereocenters. The predicted molar refractivity (Wildman–Crippen MR) is 74.6 cm³/mol. The summed E-state index contributed by atoms with van der Waals surface area (Å²) in [5.74, 6) is -2.45. The zero-order valence-corrected chi connectivity index (χ0v) is 12.0. The van der Waals surface area contributed by atoms with E-state index >= 15 is 0 Å². The van der Waals surface area contributed by atoms with E-state index in [9.17, 15) is 8.78 Å². The average molecular weight is 267 g/mol. The lowest BCUT2D eigenvalue weighted by Crippen LogP contribution is -2.38. The molecule has 1 aromatic carbocycles. The Kier molecular flexibility index (Phi) is 3.95. The molecule has 0 radical (unpaired) electrons. The van der Waals surface area contributed by atoms with Gasteiger partial charge in [-0.15, -0.1) is 0 Å². The molecule has 0 amide bonds. The Bertz CT molecular complexity index is 407. The third kappa shape index (κ3) is 4.00. The zero-order valence-electron chi connectivity index (χ0n) is 12.0. The summed E-state index contributed by atoms with van der Waals surface area (Å²) in [6.45, 7) is 8.33. The van der Waals surface area contributed by atoms with E-state index in [-0.39, 0.29) is 18.3 Å². The Morgan fingerprint density at radius 2 is 1.58 bits per heavy atom. The first-order valence-electron chi connectivity index (χ1n) is 6.96. The van der Waals surface area contributed by atoms with Gasteiger partial charge in [0.25, 0.3) is 5.92 Å². The van der Waals surface area contributed by atoms with Gasteiger partial charge in [0.15, 0.2) is 0 Å². The van der Waals surface area contributed by atoms with Crippen molar-refractivity contribution < 1.29 is 8.78 Å². The van der Waals surface area contributed by atoms with Crippen LogP contribution in [0, 0.1) is 0 Å². The van der Waals surface area contributed by atoms with Crippen molar-refractivity contribution in [2.75, 3.05) is 13.1 Å². The van der Waals surface area contributed by atoms with Gasteiger partial charge in [-0.2, -0.15) is 0 Å². The van der Waals surface area contributed by atoms with Gasteiger partial charge in [0.05, 0.1) is 0 Å². The Balaban J connectivity index is 1.94. The van der Waals surface area contributed by atoms with Crippen LogP contribution in [0.4, 0.5) is 8.78 Å². The number of likely N-dealkylation sites (tertiary alicyclic amines) is 1. The van der Waals surface area contributed by atoms with E-state index in [0.29, 0.717) is 13.1 Å². The highest BCUT2D eigenvalue weighted by molar-refractivity contribution is 5.27. The van der Waals surface area contributed by atoms with Crippen LogP contribution in [0.3, 0.4) is 0 Å². The van der Waals surface area contributed by atoms with Crippen molar-refractivity contribution in [2.24, 2.45) is 0 Å². The third-order valence-electron chi connectivity index (χ3n) is 3.81. The fourth-order valence-electron chi connectivity index (χ4n) is 2.41. The Morgan fingerprint density at radius 3 is 2.05 bits per heavy atom. The molecule has 1 aliphatic heterocycles. The Morgan fingerprint density at radius 1 is 1.05 bits per heavy atom. The van der Waals surface area contributed by atoms with Gasteiger partial charge in [-0.05, 0) is 16.5 Å². The molecule has 2 rings (SSSR count). The molecule has 0 bridgehead atoms. The molecular formula is C16H23F2N. The van der Waals surface area contributed by atoms with E-state index in [1.54, 1.807) is 0 Å². The van der Waals surface area contributed by atoms with E-state index in [1.165, 1.54) is 11.1 Å². The first kappa shape index (κ1) is 14.4. The molecule has 106 valence electrons. The van der Waals surface area contributed by atoms with Gasteiger partial charge in [0.2, 0.25) is 0 Å². The molecule has 3 heteroatoms. The van der Waals surface area contributed by atoms with Crippen molar-refractivity contribution in [2.45, 2.75) is 51.5 Å². The topological polar surface area (TPSA) is 3.24 Å². The second-order valence-corrected chi connectivity index (χ2v) is 6.58. The van der Waals surface area contributed by atoms with E-state index < -0.39 is 5.92 Å². The number of benzene rings is 1. The maximum Gasteiger partial charge on any atom is 0.250 e. The van der Waals surface area contributed by atoms with Gasteiger partial charge in [-0.25, -0.2) is 8.78 Å². The number of hydrogen-bond acceptors (Lipinski definition) is 1. The van der Waals surface area contributed by atoms with Crippen LogP contribution < -0.4 is 0 Å². The van der Waals surface area contributed by atoms with Gasteiger partial charge < -0.3 is 0 Å². The Hall–Kier alpha value is -0.960. The monoisotopic (exact) mass is 267 g/mol. The summed E-state index contributed by atoms with van der Waals surface area (Å²) in [5, 5.41) is 0. The van der Waals surface area contributed by atoms with Gasteiger partial charge in [-0.1, -0.05) is 45.0 Å². The lowest BCUT2D eigenvalue weighted by Gasteiger charge is -2.31. The predicted octanol–water partition coefficient (Wildman–Crippen LogP) is 4.22. The molecule has 0 saturated carbocycles. The lowest BCUT2D eigenvalue weighted by atomic mass is 9.86. The summed E-state index contributed by atoms with van der Waals surface area (Å²) in [4.78, 5) is 2.11. The van der Waals surface area contributed by atoms with Gasteiger partial charge in [-0.3, -0.25) is 4.90 Å². The second-order valence-electron chi connectivity index (χ2n) is 6.58. The quantitative estimate of drug-likeness (QED) is 0.775. The van der Waals surface area contributed by atoms with Crippen LogP contribution in [0.2, 0.25) is 0 Å². The van der Waals surface area contributed by atoms with Crippen LogP contribution in [-0.4, -0.2) is 23.9 Å². The van der Waals surface area contributed by atoms with Crippen molar-refractivity contribution in [1.82, 2.24) is 4.90 Å². The van der Waals surface area contributed by atoms with E-state index in [1.807, 2.05) is 0 Å². The molecular weight excluding hydrogens is 244 g/mol. The summed E-state index contributed by atoms with van der Waals surface area (Å²) < 4.78 is 26.1. The van der Waals surface area contributed by atoms with Crippen molar-refractivity contribution >= 4 is 0 Å². The molecule has 1 nitrogen and oxygen atoms in total. The summed E-state index contributed by atoms with van der Waals surface area (Å²) in [7, 11) is 0. The number of hydrogen-bond donors (Lipinski definition) is 0. The van der Waals surface area contributed by atoms with E-state index in [4.69, 9.17) is 0 Å². The van der Waals surface area contributed by atoms with Crippen LogP contribution >= 0.6 is 0 Å². The van der Waals surface area contributed by atoms with E-state index in [2.05, 4.69) is 49.9 Å². The number of halogens is 2. The average Bonchev–Trinajstić information content (AvgIpc) is 2.31. The SMILES string of the molecule is CC(C)(C)c1ccc(CN2CCC(F)(F)CC2)cc1. The van der Waals surface area contributed by atoms with Crippen LogP contribution in [0.5, 0.6) is 0 Å². The summed E-state index contributed by atoms with van der Waals surface area (Å²) >= 11 is 0. The van der Waals surface area contributed by atoms with Gasteiger partial charge in [0, 0.05) is 32.5 Å². The van der Waals surface area contributed by atoms with Crippen molar-refractivity contribution in [3.8, 4) is 0 Å². The Labute approximate surface area is 114 Å². The molecule has 0 aliphatic carbocycles. The van der Waals surface area contributed by atoms with Crippen LogP contribution in [0.15, 0.2) is 24.3 Å². The van der Waals surface area contributed by atoms with Crippen LogP contribution in [0.25, 0.3) is 0 Å². The normalized spacial score (nSPS) is 20.5. The van der Waals surface area contributed by atoms with Crippen LogP contribution in [0.1, 0.15) is 44.7 Å². The largest absolute Gasteiger partial charge is 0.299 e. The minimum absolute atomic E-state index is 0.00687. The summed E-state index contributed by atoms with van der Waals surface area (Å²) in [5.41, 5.74) is 2.67. The summed E-state index contributed by atoms with van der Waals surface area (Å²) in [6, 6.07) is 8.53. The lowest BCUT2D eigenvalue weighted by molar-refractivity contribution is -0.0566. The molecule has 1 heterocycles. The molecule has 1 fully saturated rings. The van der Waals surface area contributed by atoms with Gasteiger partial charge in [0.1, 0.15) is 0 Å². The zero-order chi connectivity index (χ0) is 14.1.